The second kappa shape index (κ2) is 5.33. The van der Waals surface area contributed by atoms with E-state index in [1.54, 1.807) is 0 Å². The van der Waals surface area contributed by atoms with Crippen molar-refractivity contribution < 1.29 is 0 Å². The SMILES string of the molecule is Cc1ccc(-c2nc(C)c(C3CCNC3)c(C)n2)cc1. The topological polar surface area (TPSA) is 37.8 Å². The highest BCUT2D eigenvalue weighted by atomic mass is 14.9. The molecule has 1 atom stereocenters. The molecular weight excluding hydrogens is 246 g/mol. The van der Waals surface area contributed by atoms with Gasteiger partial charge in [-0.2, -0.15) is 0 Å². The second-order valence-corrected chi connectivity index (χ2v) is 5.69. The van der Waals surface area contributed by atoms with Gasteiger partial charge in [0.2, 0.25) is 0 Å². The van der Waals surface area contributed by atoms with Crippen LogP contribution in [0.3, 0.4) is 0 Å². The van der Waals surface area contributed by atoms with Crippen molar-refractivity contribution in [3.63, 3.8) is 0 Å². The van der Waals surface area contributed by atoms with E-state index in [9.17, 15) is 0 Å². The summed E-state index contributed by atoms with van der Waals surface area (Å²) in [5.74, 6) is 1.41. The van der Waals surface area contributed by atoms with E-state index < -0.39 is 0 Å². The van der Waals surface area contributed by atoms with Gasteiger partial charge in [0.1, 0.15) is 0 Å². The van der Waals surface area contributed by atoms with Crippen molar-refractivity contribution in [3.8, 4) is 11.4 Å². The summed E-state index contributed by atoms with van der Waals surface area (Å²) in [6, 6.07) is 8.41. The zero-order chi connectivity index (χ0) is 14.1. The molecule has 104 valence electrons. The number of benzene rings is 1. The van der Waals surface area contributed by atoms with Crippen LogP contribution in [0.4, 0.5) is 0 Å². The van der Waals surface area contributed by atoms with Gasteiger partial charge in [-0.3, -0.25) is 0 Å². The molecule has 1 aromatic heterocycles. The zero-order valence-electron chi connectivity index (χ0n) is 12.4. The van der Waals surface area contributed by atoms with Crippen LogP contribution in [0, 0.1) is 20.8 Å². The maximum Gasteiger partial charge on any atom is 0.159 e. The molecule has 3 heteroatoms. The van der Waals surface area contributed by atoms with E-state index in [1.165, 1.54) is 17.5 Å². The van der Waals surface area contributed by atoms with E-state index in [0.717, 1.165) is 35.9 Å². The average molecular weight is 267 g/mol. The average Bonchev–Trinajstić information content (AvgIpc) is 2.92. The normalized spacial score (nSPS) is 18.4. The molecule has 2 heterocycles. The fourth-order valence-corrected chi connectivity index (χ4v) is 3.05. The Hall–Kier alpha value is -1.74. The molecule has 0 aliphatic carbocycles. The number of hydrogen-bond donors (Lipinski definition) is 1. The summed E-state index contributed by atoms with van der Waals surface area (Å²) in [6.07, 6.45) is 1.19. The third-order valence-corrected chi connectivity index (χ3v) is 4.11. The van der Waals surface area contributed by atoms with Gasteiger partial charge < -0.3 is 5.32 Å². The van der Waals surface area contributed by atoms with Crippen molar-refractivity contribution in [2.75, 3.05) is 13.1 Å². The Kier molecular flexibility index (Phi) is 3.53. The van der Waals surface area contributed by atoms with Gasteiger partial charge in [0.25, 0.3) is 0 Å². The van der Waals surface area contributed by atoms with Gasteiger partial charge in [0.05, 0.1) is 0 Å². The van der Waals surface area contributed by atoms with Crippen LogP contribution in [-0.2, 0) is 0 Å². The summed E-state index contributed by atoms with van der Waals surface area (Å²) in [7, 11) is 0. The predicted octanol–water partition coefficient (Wildman–Crippen LogP) is 3.15. The fraction of sp³-hybridized carbons (Fsp3) is 0.412. The van der Waals surface area contributed by atoms with Gasteiger partial charge in [0.15, 0.2) is 5.82 Å². The Morgan fingerprint density at radius 1 is 1.00 bits per heavy atom. The molecule has 1 aliphatic heterocycles. The molecule has 0 bridgehead atoms. The van der Waals surface area contributed by atoms with Gasteiger partial charge in [0, 0.05) is 29.4 Å². The minimum Gasteiger partial charge on any atom is -0.316 e. The van der Waals surface area contributed by atoms with Crippen molar-refractivity contribution in [2.24, 2.45) is 0 Å². The number of hydrogen-bond acceptors (Lipinski definition) is 3. The molecule has 1 aromatic carbocycles. The maximum absolute atomic E-state index is 4.74. The lowest BCUT2D eigenvalue weighted by molar-refractivity contribution is 0.734. The van der Waals surface area contributed by atoms with E-state index in [1.807, 2.05) is 0 Å². The highest BCUT2D eigenvalue weighted by molar-refractivity contribution is 5.56. The van der Waals surface area contributed by atoms with Crippen LogP contribution in [0.25, 0.3) is 11.4 Å². The van der Waals surface area contributed by atoms with Gasteiger partial charge in [-0.1, -0.05) is 29.8 Å². The van der Waals surface area contributed by atoms with Gasteiger partial charge in [-0.25, -0.2) is 9.97 Å². The van der Waals surface area contributed by atoms with Crippen LogP contribution in [0.15, 0.2) is 24.3 Å². The van der Waals surface area contributed by atoms with Gasteiger partial charge in [-0.05, 0) is 39.3 Å². The predicted molar refractivity (Wildman–Crippen MR) is 81.9 cm³/mol. The lowest BCUT2D eigenvalue weighted by atomic mass is 9.95. The molecule has 1 aliphatic rings. The molecule has 0 radical (unpaired) electrons. The molecule has 3 nitrogen and oxygen atoms in total. The first-order chi connectivity index (χ1) is 9.65. The minimum absolute atomic E-state index is 0.571. The van der Waals surface area contributed by atoms with Crippen molar-refractivity contribution >= 4 is 0 Å². The van der Waals surface area contributed by atoms with Crippen LogP contribution in [0.2, 0.25) is 0 Å². The van der Waals surface area contributed by atoms with Crippen molar-refractivity contribution in [3.05, 3.63) is 46.8 Å². The summed E-state index contributed by atoms with van der Waals surface area (Å²) in [5.41, 5.74) is 5.95. The molecule has 1 unspecified atom stereocenters. The van der Waals surface area contributed by atoms with Crippen molar-refractivity contribution in [1.82, 2.24) is 15.3 Å². The largest absolute Gasteiger partial charge is 0.316 e. The van der Waals surface area contributed by atoms with Crippen LogP contribution >= 0.6 is 0 Å². The molecular formula is C17H21N3. The molecule has 1 N–H and O–H groups in total. The van der Waals surface area contributed by atoms with Crippen LogP contribution in [0.1, 0.15) is 34.9 Å². The smallest absolute Gasteiger partial charge is 0.159 e. The first-order valence-corrected chi connectivity index (χ1v) is 7.28. The molecule has 2 aromatic rings. The Labute approximate surface area is 120 Å². The van der Waals surface area contributed by atoms with E-state index in [-0.39, 0.29) is 0 Å². The highest BCUT2D eigenvalue weighted by Gasteiger charge is 2.22. The summed E-state index contributed by atoms with van der Waals surface area (Å²) >= 11 is 0. The first-order valence-electron chi connectivity index (χ1n) is 7.28. The number of aryl methyl sites for hydroxylation is 3. The van der Waals surface area contributed by atoms with E-state index >= 15 is 0 Å². The van der Waals surface area contributed by atoms with E-state index in [4.69, 9.17) is 9.97 Å². The fourth-order valence-electron chi connectivity index (χ4n) is 3.05. The summed E-state index contributed by atoms with van der Waals surface area (Å²) in [6.45, 7) is 8.47. The number of rotatable bonds is 2. The third-order valence-electron chi connectivity index (χ3n) is 4.11. The summed E-state index contributed by atoms with van der Waals surface area (Å²) in [5, 5.41) is 3.42. The lowest BCUT2D eigenvalue weighted by Crippen LogP contribution is -2.12. The highest BCUT2D eigenvalue weighted by Crippen LogP contribution is 2.28. The van der Waals surface area contributed by atoms with Gasteiger partial charge in [-0.15, -0.1) is 0 Å². The Balaban J connectivity index is 2.00. The van der Waals surface area contributed by atoms with Crippen LogP contribution in [-0.4, -0.2) is 23.1 Å². The van der Waals surface area contributed by atoms with E-state index in [2.05, 4.69) is 50.4 Å². The summed E-state index contributed by atoms with van der Waals surface area (Å²) in [4.78, 5) is 9.48. The first kappa shape index (κ1) is 13.3. The lowest BCUT2D eigenvalue weighted by Gasteiger charge is -2.15. The Morgan fingerprint density at radius 3 is 2.20 bits per heavy atom. The van der Waals surface area contributed by atoms with Gasteiger partial charge >= 0.3 is 0 Å². The number of nitrogens with zero attached hydrogens (tertiary/aromatic N) is 2. The van der Waals surface area contributed by atoms with Crippen LogP contribution < -0.4 is 5.32 Å². The molecule has 20 heavy (non-hydrogen) atoms. The zero-order valence-corrected chi connectivity index (χ0v) is 12.4. The van der Waals surface area contributed by atoms with Crippen molar-refractivity contribution in [1.29, 1.82) is 0 Å². The van der Waals surface area contributed by atoms with Crippen molar-refractivity contribution in [2.45, 2.75) is 33.1 Å². The molecule has 3 rings (SSSR count). The van der Waals surface area contributed by atoms with E-state index in [0.29, 0.717) is 5.92 Å². The number of aromatic nitrogens is 2. The Morgan fingerprint density at radius 2 is 1.65 bits per heavy atom. The Bertz CT molecular complexity index is 588. The second-order valence-electron chi connectivity index (χ2n) is 5.69. The standard InChI is InChI=1S/C17H21N3/c1-11-4-6-14(7-5-11)17-19-12(2)16(13(3)20-17)15-8-9-18-10-15/h4-7,15,18H,8-10H2,1-3H3. The molecule has 1 saturated heterocycles. The quantitative estimate of drug-likeness (QED) is 0.908. The molecule has 0 amide bonds. The third kappa shape index (κ3) is 2.46. The molecule has 0 spiro atoms. The summed E-state index contributed by atoms with van der Waals surface area (Å²) < 4.78 is 0. The molecule has 1 fully saturated rings. The van der Waals surface area contributed by atoms with Crippen LogP contribution in [0.5, 0.6) is 0 Å². The number of nitrogens with one attached hydrogen (secondary N) is 1. The monoisotopic (exact) mass is 267 g/mol. The molecule has 0 saturated carbocycles. The maximum atomic E-state index is 4.74. The minimum atomic E-state index is 0.571.